The largest absolute Gasteiger partial charge is 0.494 e. The van der Waals surface area contributed by atoms with Gasteiger partial charge in [0.15, 0.2) is 11.6 Å². The van der Waals surface area contributed by atoms with E-state index in [2.05, 4.69) is 17.4 Å². The van der Waals surface area contributed by atoms with Gasteiger partial charge in [-0.3, -0.25) is 0 Å². The van der Waals surface area contributed by atoms with E-state index in [1.807, 2.05) is 18.2 Å². The Balaban J connectivity index is 1.54. The van der Waals surface area contributed by atoms with Gasteiger partial charge in [0.2, 0.25) is 0 Å². The number of halogens is 5. The summed E-state index contributed by atoms with van der Waals surface area (Å²) in [6.45, 7) is 2.04. The van der Waals surface area contributed by atoms with Crippen LogP contribution in [0.1, 0.15) is 36.0 Å². The van der Waals surface area contributed by atoms with Crippen LogP contribution in [0.15, 0.2) is 60.7 Å². The minimum Gasteiger partial charge on any atom is -0.494 e. The lowest BCUT2D eigenvalue weighted by Gasteiger charge is -2.38. The summed E-state index contributed by atoms with van der Waals surface area (Å²) < 4.78 is 80.2. The molecule has 0 aromatic heterocycles. The van der Waals surface area contributed by atoms with Crippen LogP contribution in [-0.4, -0.2) is 26.8 Å². The highest BCUT2D eigenvalue weighted by Gasteiger charge is 2.34. The van der Waals surface area contributed by atoms with Crippen LogP contribution in [0.2, 0.25) is 0 Å². The maximum Gasteiger partial charge on any atom is 0.416 e. The number of ether oxygens (including phenoxy) is 2. The van der Waals surface area contributed by atoms with Crippen molar-refractivity contribution in [1.82, 2.24) is 5.32 Å². The number of nitrogens with one attached hydrogen (secondary N) is 1. The molecule has 1 heterocycles. The zero-order valence-electron chi connectivity index (χ0n) is 19.9. The van der Waals surface area contributed by atoms with E-state index in [-0.39, 0.29) is 34.5 Å². The van der Waals surface area contributed by atoms with Gasteiger partial charge in [-0.15, -0.1) is 0 Å². The van der Waals surface area contributed by atoms with Crippen molar-refractivity contribution in [2.75, 3.05) is 26.8 Å². The van der Waals surface area contributed by atoms with Crippen LogP contribution in [0.5, 0.6) is 5.75 Å². The standard InChI is InChI=1S/C28H28F5NO2/c1-35-26-17-24(29)23(16-25(26)30)20-13-19(14-22(15-20)28(31,32)33)18-36-12-9-27(7-10-34-11-8-27)21-5-3-2-4-6-21/h2-6,13-17,34H,7-12,18H2,1H3. The van der Waals surface area contributed by atoms with E-state index in [1.54, 1.807) is 0 Å². The first-order chi connectivity index (χ1) is 17.2. The molecule has 1 aliphatic heterocycles. The summed E-state index contributed by atoms with van der Waals surface area (Å²) in [5, 5.41) is 3.37. The Morgan fingerprint density at radius 2 is 1.64 bits per heavy atom. The van der Waals surface area contributed by atoms with Gasteiger partial charge in [0.05, 0.1) is 19.3 Å². The van der Waals surface area contributed by atoms with E-state index in [0.717, 1.165) is 56.6 Å². The molecule has 0 unspecified atom stereocenters. The molecule has 3 aromatic carbocycles. The molecule has 1 saturated heterocycles. The van der Waals surface area contributed by atoms with Crippen molar-refractivity contribution in [3.8, 4) is 16.9 Å². The van der Waals surface area contributed by atoms with E-state index < -0.39 is 23.4 Å². The van der Waals surface area contributed by atoms with Gasteiger partial charge in [-0.1, -0.05) is 30.3 Å². The molecule has 8 heteroatoms. The molecule has 1 fully saturated rings. The topological polar surface area (TPSA) is 30.5 Å². The third-order valence-electron chi connectivity index (χ3n) is 6.81. The number of piperidine rings is 1. The van der Waals surface area contributed by atoms with Gasteiger partial charge in [0.1, 0.15) is 5.82 Å². The highest BCUT2D eigenvalue weighted by molar-refractivity contribution is 5.67. The summed E-state index contributed by atoms with van der Waals surface area (Å²) in [6, 6.07) is 15.1. The quantitative estimate of drug-likeness (QED) is 0.267. The monoisotopic (exact) mass is 505 g/mol. The van der Waals surface area contributed by atoms with Crippen LogP contribution in [0.25, 0.3) is 11.1 Å². The van der Waals surface area contributed by atoms with E-state index in [0.29, 0.717) is 6.61 Å². The third kappa shape index (κ3) is 5.87. The summed E-state index contributed by atoms with van der Waals surface area (Å²) in [5.74, 6) is -2.07. The van der Waals surface area contributed by atoms with Gasteiger partial charge in [-0.05, 0) is 78.7 Å². The van der Waals surface area contributed by atoms with Crippen molar-refractivity contribution < 1.29 is 31.4 Å². The fourth-order valence-corrected chi connectivity index (χ4v) is 4.84. The van der Waals surface area contributed by atoms with Crippen LogP contribution in [0.3, 0.4) is 0 Å². The number of alkyl halides is 3. The molecule has 1 N–H and O–H groups in total. The molecular weight excluding hydrogens is 477 g/mol. The molecule has 0 bridgehead atoms. The summed E-state index contributed by atoms with van der Waals surface area (Å²) in [4.78, 5) is 0. The fraction of sp³-hybridized carbons (Fsp3) is 0.357. The maximum atomic E-state index is 14.6. The molecular formula is C28H28F5NO2. The van der Waals surface area contributed by atoms with Gasteiger partial charge >= 0.3 is 6.18 Å². The molecule has 36 heavy (non-hydrogen) atoms. The van der Waals surface area contributed by atoms with Gasteiger partial charge in [0, 0.05) is 18.2 Å². The van der Waals surface area contributed by atoms with Gasteiger partial charge < -0.3 is 14.8 Å². The van der Waals surface area contributed by atoms with Crippen molar-refractivity contribution in [2.24, 2.45) is 0 Å². The number of hydrogen-bond donors (Lipinski definition) is 1. The zero-order valence-corrected chi connectivity index (χ0v) is 19.9. The second-order valence-electron chi connectivity index (χ2n) is 9.08. The summed E-state index contributed by atoms with van der Waals surface area (Å²) >= 11 is 0. The summed E-state index contributed by atoms with van der Waals surface area (Å²) in [5.41, 5.74) is 0.0891. The van der Waals surface area contributed by atoms with Crippen molar-refractivity contribution in [3.63, 3.8) is 0 Å². The second kappa shape index (κ2) is 11.0. The van der Waals surface area contributed by atoms with Crippen LogP contribution >= 0.6 is 0 Å². The Labute approximate surface area is 207 Å². The Morgan fingerprint density at radius 3 is 2.31 bits per heavy atom. The molecule has 0 radical (unpaired) electrons. The van der Waals surface area contributed by atoms with Crippen molar-refractivity contribution in [3.05, 3.63) is 89.0 Å². The normalized spacial score (nSPS) is 15.6. The number of benzene rings is 3. The minimum absolute atomic E-state index is 0.0603. The fourth-order valence-electron chi connectivity index (χ4n) is 4.84. The van der Waals surface area contributed by atoms with E-state index in [9.17, 15) is 22.0 Å². The first kappa shape index (κ1) is 26.1. The van der Waals surface area contributed by atoms with Gasteiger partial charge in [0.25, 0.3) is 0 Å². The minimum atomic E-state index is -4.65. The Bertz CT molecular complexity index is 1170. The Kier molecular flexibility index (Phi) is 7.95. The maximum absolute atomic E-state index is 14.6. The molecule has 0 saturated carbocycles. The predicted octanol–water partition coefficient (Wildman–Crippen LogP) is 6.89. The number of methoxy groups -OCH3 is 1. The van der Waals surface area contributed by atoms with E-state index in [4.69, 9.17) is 9.47 Å². The summed E-state index contributed by atoms with van der Waals surface area (Å²) in [7, 11) is 1.18. The Hall–Kier alpha value is -2.97. The second-order valence-corrected chi connectivity index (χ2v) is 9.08. The molecule has 0 atom stereocenters. The van der Waals surface area contributed by atoms with Crippen LogP contribution in [0, 0.1) is 11.6 Å². The van der Waals surface area contributed by atoms with Gasteiger partial charge in [-0.2, -0.15) is 13.2 Å². The number of rotatable bonds is 8. The van der Waals surface area contributed by atoms with Gasteiger partial charge in [-0.25, -0.2) is 8.78 Å². The molecule has 192 valence electrons. The lowest BCUT2D eigenvalue weighted by atomic mass is 9.71. The highest BCUT2D eigenvalue weighted by atomic mass is 19.4. The SMILES string of the molecule is COc1cc(F)c(-c2cc(COCCC3(c4ccccc4)CCNCC3)cc(C(F)(F)F)c2)cc1F. The molecule has 3 aromatic rings. The average Bonchev–Trinajstić information content (AvgIpc) is 2.88. The molecule has 0 spiro atoms. The highest BCUT2D eigenvalue weighted by Crippen LogP contribution is 2.38. The van der Waals surface area contributed by atoms with E-state index in [1.165, 1.54) is 18.7 Å². The van der Waals surface area contributed by atoms with Crippen molar-refractivity contribution >= 4 is 0 Å². The number of hydrogen-bond acceptors (Lipinski definition) is 3. The molecule has 4 rings (SSSR count). The summed E-state index contributed by atoms with van der Waals surface area (Å²) in [6.07, 6.45) is -2.05. The predicted molar refractivity (Wildman–Crippen MR) is 128 cm³/mol. The van der Waals surface area contributed by atoms with E-state index >= 15 is 0 Å². The first-order valence-electron chi connectivity index (χ1n) is 11.8. The van der Waals surface area contributed by atoms with Crippen molar-refractivity contribution in [2.45, 2.75) is 37.5 Å². The van der Waals surface area contributed by atoms with Crippen LogP contribution < -0.4 is 10.1 Å². The Morgan fingerprint density at radius 1 is 0.917 bits per heavy atom. The molecule has 0 aliphatic carbocycles. The molecule has 0 amide bonds. The lowest BCUT2D eigenvalue weighted by Crippen LogP contribution is -2.40. The average molecular weight is 506 g/mol. The van der Waals surface area contributed by atoms with Crippen LogP contribution in [0.4, 0.5) is 22.0 Å². The first-order valence-corrected chi connectivity index (χ1v) is 11.8. The lowest BCUT2D eigenvalue weighted by molar-refractivity contribution is -0.137. The smallest absolute Gasteiger partial charge is 0.416 e. The third-order valence-corrected chi connectivity index (χ3v) is 6.81. The molecule has 3 nitrogen and oxygen atoms in total. The van der Waals surface area contributed by atoms with Crippen molar-refractivity contribution in [1.29, 1.82) is 0 Å². The van der Waals surface area contributed by atoms with Crippen LogP contribution in [-0.2, 0) is 22.9 Å². The molecule has 1 aliphatic rings. The zero-order chi connectivity index (χ0) is 25.8.